The predicted molar refractivity (Wildman–Crippen MR) is 48.6 cm³/mol. The van der Waals surface area contributed by atoms with Gasteiger partial charge in [-0.3, -0.25) is 0 Å². The van der Waals surface area contributed by atoms with Crippen molar-refractivity contribution >= 4 is 0 Å². The van der Waals surface area contributed by atoms with Crippen molar-refractivity contribution in [2.75, 3.05) is 26.4 Å². The molecule has 14 heavy (non-hydrogen) atoms. The Morgan fingerprint density at radius 1 is 1.57 bits per heavy atom. The number of rotatable bonds is 5. The SMILES string of the molecule is CCNC1CCOCC1OCC(F)F. The Kier molecular flexibility index (Phi) is 5.29. The van der Waals surface area contributed by atoms with E-state index in [0.717, 1.165) is 13.0 Å². The lowest BCUT2D eigenvalue weighted by Gasteiger charge is -2.31. The molecule has 1 aliphatic rings. The summed E-state index contributed by atoms with van der Waals surface area (Å²) >= 11 is 0. The number of alkyl halides is 2. The van der Waals surface area contributed by atoms with E-state index < -0.39 is 13.0 Å². The third kappa shape index (κ3) is 3.86. The highest BCUT2D eigenvalue weighted by Gasteiger charge is 2.26. The Bertz CT molecular complexity index is 156. The van der Waals surface area contributed by atoms with Gasteiger partial charge < -0.3 is 14.8 Å². The fourth-order valence-corrected chi connectivity index (χ4v) is 1.57. The summed E-state index contributed by atoms with van der Waals surface area (Å²) in [6.45, 7) is 3.38. The summed E-state index contributed by atoms with van der Waals surface area (Å²) in [6.07, 6.45) is -1.82. The minimum atomic E-state index is -2.40. The monoisotopic (exact) mass is 209 g/mol. The third-order valence-corrected chi connectivity index (χ3v) is 2.21. The van der Waals surface area contributed by atoms with Crippen molar-refractivity contribution in [2.24, 2.45) is 0 Å². The molecule has 1 N–H and O–H groups in total. The molecule has 84 valence electrons. The smallest absolute Gasteiger partial charge is 0.261 e. The maximum atomic E-state index is 11.9. The second-order valence-corrected chi connectivity index (χ2v) is 3.29. The van der Waals surface area contributed by atoms with Gasteiger partial charge in [-0.1, -0.05) is 6.92 Å². The molecule has 0 aromatic rings. The van der Waals surface area contributed by atoms with Crippen molar-refractivity contribution in [3.05, 3.63) is 0 Å². The van der Waals surface area contributed by atoms with Gasteiger partial charge in [-0.15, -0.1) is 0 Å². The molecule has 1 heterocycles. The molecule has 0 bridgehead atoms. The molecule has 0 aromatic carbocycles. The van der Waals surface area contributed by atoms with E-state index in [0.29, 0.717) is 13.2 Å². The first-order chi connectivity index (χ1) is 6.74. The number of ether oxygens (including phenoxy) is 2. The third-order valence-electron chi connectivity index (χ3n) is 2.21. The minimum absolute atomic E-state index is 0.146. The van der Waals surface area contributed by atoms with Crippen molar-refractivity contribution in [1.82, 2.24) is 5.32 Å². The first-order valence-corrected chi connectivity index (χ1v) is 4.95. The number of halogens is 2. The van der Waals surface area contributed by atoms with Crippen LogP contribution in [0.4, 0.5) is 8.78 Å². The number of likely N-dealkylation sites (N-methyl/N-ethyl adjacent to an activating group) is 1. The van der Waals surface area contributed by atoms with Crippen molar-refractivity contribution in [1.29, 1.82) is 0 Å². The van der Waals surface area contributed by atoms with E-state index in [9.17, 15) is 8.78 Å². The molecule has 0 aliphatic carbocycles. The Hall–Kier alpha value is -0.260. The van der Waals surface area contributed by atoms with Gasteiger partial charge in [-0.05, 0) is 13.0 Å². The molecule has 0 aromatic heterocycles. The molecular weight excluding hydrogens is 192 g/mol. The summed E-state index contributed by atoms with van der Waals surface area (Å²) in [6, 6.07) is 0.146. The average molecular weight is 209 g/mol. The molecule has 1 rings (SSSR count). The molecule has 2 unspecified atom stereocenters. The fourth-order valence-electron chi connectivity index (χ4n) is 1.57. The lowest BCUT2D eigenvalue weighted by Crippen LogP contribution is -2.48. The number of hydrogen-bond donors (Lipinski definition) is 1. The standard InChI is InChI=1S/C9H17F2NO2/c1-2-12-7-3-4-13-5-8(7)14-6-9(10)11/h7-9,12H,2-6H2,1H3. The summed E-state index contributed by atoms with van der Waals surface area (Å²) in [7, 11) is 0. The van der Waals surface area contributed by atoms with Crippen LogP contribution in [0, 0.1) is 0 Å². The van der Waals surface area contributed by atoms with Crippen LogP contribution in [0.2, 0.25) is 0 Å². The molecule has 2 atom stereocenters. The molecule has 1 saturated heterocycles. The van der Waals surface area contributed by atoms with Crippen molar-refractivity contribution < 1.29 is 18.3 Å². The quantitative estimate of drug-likeness (QED) is 0.733. The highest BCUT2D eigenvalue weighted by atomic mass is 19.3. The van der Waals surface area contributed by atoms with Crippen LogP contribution in [-0.4, -0.2) is 44.9 Å². The maximum absolute atomic E-state index is 11.9. The van der Waals surface area contributed by atoms with Gasteiger partial charge in [0.15, 0.2) is 0 Å². The van der Waals surface area contributed by atoms with Crippen LogP contribution in [0.3, 0.4) is 0 Å². The van der Waals surface area contributed by atoms with E-state index in [-0.39, 0.29) is 12.1 Å². The van der Waals surface area contributed by atoms with E-state index >= 15 is 0 Å². The Balaban J connectivity index is 2.30. The summed E-state index contributed by atoms with van der Waals surface area (Å²) in [5.41, 5.74) is 0. The Labute approximate surface area is 82.8 Å². The zero-order valence-corrected chi connectivity index (χ0v) is 8.34. The number of nitrogens with one attached hydrogen (secondary N) is 1. The van der Waals surface area contributed by atoms with Crippen LogP contribution in [0.1, 0.15) is 13.3 Å². The Morgan fingerprint density at radius 2 is 2.36 bits per heavy atom. The van der Waals surface area contributed by atoms with Gasteiger partial charge in [0.05, 0.1) is 12.7 Å². The summed E-state index contributed by atoms with van der Waals surface area (Å²) in [5, 5.41) is 3.21. The van der Waals surface area contributed by atoms with Crippen LogP contribution in [0.15, 0.2) is 0 Å². The zero-order chi connectivity index (χ0) is 10.4. The highest BCUT2D eigenvalue weighted by molar-refractivity contribution is 4.80. The first-order valence-electron chi connectivity index (χ1n) is 4.95. The summed E-state index contributed by atoms with van der Waals surface area (Å²) in [5.74, 6) is 0. The van der Waals surface area contributed by atoms with E-state index in [2.05, 4.69) is 5.32 Å². The van der Waals surface area contributed by atoms with Crippen molar-refractivity contribution in [2.45, 2.75) is 31.9 Å². The minimum Gasteiger partial charge on any atom is -0.379 e. The number of hydrogen-bond acceptors (Lipinski definition) is 3. The fraction of sp³-hybridized carbons (Fsp3) is 1.00. The van der Waals surface area contributed by atoms with Gasteiger partial charge >= 0.3 is 0 Å². The molecule has 1 fully saturated rings. The lowest BCUT2D eigenvalue weighted by atomic mass is 10.1. The molecule has 0 spiro atoms. The van der Waals surface area contributed by atoms with Gasteiger partial charge in [0, 0.05) is 12.6 Å². The van der Waals surface area contributed by atoms with Gasteiger partial charge in [-0.25, -0.2) is 8.78 Å². The highest BCUT2D eigenvalue weighted by Crippen LogP contribution is 2.12. The molecule has 1 aliphatic heterocycles. The van der Waals surface area contributed by atoms with E-state index in [1.165, 1.54) is 0 Å². The van der Waals surface area contributed by atoms with Gasteiger partial charge in [0.2, 0.25) is 0 Å². The van der Waals surface area contributed by atoms with Crippen LogP contribution in [0.5, 0.6) is 0 Å². The Morgan fingerprint density at radius 3 is 3.00 bits per heavy atom. The van der Waals surface area contributed by atoms with E-state index in [1.54, 1.807) is 0 Å². The second-order valence-electron chi connectivity index (χ2n) is 3.29. The molecule has 0 amide bonds. The molecule has 3 nitrogen and oxygen atoms in total. The van der Waals surface area contributed by atoms with E-state index in [1.807, 2.05) is 6.92 Å². The largest absolute Gasteiger partial charge is 0.379 e. The topological polar surface area (TPSA) is 30.5 Å². The maximum Gasteiger partial charge on any atom is 0.261 e. The molecule has 0 radical (unpaired) electrons. The van der Waals surface area contributed by atoms with Crippen LogP contribution in [-0.2, 0) is 9.47 Å². The van der Waals surface area contributed by atoms with Crippen LogP contribution >= 0.6 is 0 Å². The van der Waals surface area contributed by atoms with E-state index in [4.69, 9.17) is 9.47 Å². The van der Waals surface area contributed by atoms with Gasteiger partial charge in [-0.2, -0.15) is 0 Å². The van der Waals surface area contributed by atoms with Gasteiger partial charge in [0.1, 0.15) is 6.61 Å². The first kappa shape index (κ1) is 11.8. The van der Waals surface area contributed by atoms with Crippen LogP contribution in [0.25, 0.3) is 0 Å². The summed E-state index contributed by atoms with van der Waals surface area (Å²) < 4.78 is 34.1. The normalized spacial score (nSPS) is 28.3. The van der Waals surface area contributed by atoms with Crippen LogP contribution < -0.4 is 5.32 Å². The molecule has 5 heteroatoms. The average Bonchev–Trinajstić information content (AvgIpc) is 2.17. The molecular formula is C9H17F2NO2. The summed E-state index contributed by atoms with van der Waals surface area (Å²) in [4.78, 5) is 0. The lowest BCUT2D eigenvalue weighted by molar-refractivity contribution is -0.0951. The predicted octanol–water partition coefficient (Wildman–Crippen LogP) is 1.04. The van der Waals surface area contributed by atoms with Crippen molar-refractivity contribution in [3.63, 3.8) is 0 Å². The second kappa shape index (κ2) is 6.27. The zero-order valence-electron chi connectivity index (χ0n) is 8.34. The van der Waals surface area contributed by atoms with Crippen molar-refractivity contribution in [3.8, 4) is 0 Å². The molecule has 0 saturated carbocycles. The van der Waals surface area contributed by atoms with Gasteiger partial charge in [0.25, 0.3) is 6.43 Å².